The number of hydrogen-bond acceptors (Lipinski definition) is 5. The van der Waals surface area contributed by atoms with Gasteiger partial charge in [-0.25, -0.2) is 9.99 Å². The fourth-order valence-corrected chi connectivity index (χ4v) is 2.39. The summed E-state index contributed by atoms with van der Waals surface area (Å²) in [6.45, 7) is 4.15. The van der Waals surface area contributed by atoms with Crippen LogP contribution in [0.1, 0.15) is 20.3 Å². The Kier molecular flexibility index (Phi) is 3.02. The van der Waals surface area contributed by atoms with E-state index in [0.717, 1.165) is 5.82 Å². The van der Waals surface area contributed by atoms with Gasteiger partial charge in [-0.05, 0) is 31.6 Å². The Morgan fingerprint density at radius 1 is 1.35 bits per heavy atom. The van der Waals surface area contributed by atoms with Crippen molar-refractivity contribution in [3.8, 4) is 0 Å². The second-order valence-electron chi connectivity index (χ2n) is 4.93. The molecule has 0 radical (unpaired) electrons. The average molecular weight is 272 g/mol. The van der Waals surface area contributed by atoms with Crippen LogP contribution >= 0.6 is 0 Å². The highest BCUT2D eigenvalue weighted by Gasteiger charge is 2.38. The number of hydrazone groups is 1. The molecule has 0 saturated heterocycles. The second kappa shape index (κ2) is 4.72. The predicted molar refractivity (Wildman–Crippen MR) is 74.9 cm³/mol. The molecule has 0 saturated carbocycles. The molecule has 0 spiro atoms. The lowest BCUT2D eigenvalue weighted by Gasteiger charge is -2.20. The largest absolute Gasteiger partial charge is 0.369 e. The monoisotopic (exact) mass is 272 g/mol. The van der Waals surface area contributed by atoms with Crippen LogP contribution in [0, 0.1) is 0 Å². The highest BCUT2D eigenvalue weighted by Crippen LogP contribution is 2.27. The maximum absolute atomic E-state index is 12.1. The Morgan fingerprint density at radius 2 is 2.15 bits per heavy atom. The van der Waals surface area contributed by atoms with Gasteiger partial charge in [0, 0.05) is 18.2 Å². The van der Waals surface area contributed by atoms with E-state index in [1.165, 1.54) is 4.90 Å². The maximum Gasteiger partial charge on any atom is 0.257 e. The van der Waals surface area contributed by atoms with Crippen LogP contribution in [0.2, 0.25) is 0 Å². The number of aliphatic hydroxyl groups excluding tert-OH is 1. The quantitative estimate of drug-likeness (QED) is 0.831. The van der Waals surface area contributed by atoms with E-state index in [-0.39, 0.29) is 5.91 Å². The molecule has 6 heteroatoms. The van der Waals surface area contributed by atoms with Gasteiger partial charge in [0.1, 0.15) is 11.7 Å². The molecule has 3 rings (SSSR count). The zero-order valence-corrected chi connectivity index (χ0v) is 11.4. The maximum atomic E-state index is 12.1. The van der Waals surface area contributed by atoms with E-state index in [2.05, 4.69) is 10.1 Å². The first-order valence-electron chi connectivity index (χ1n) is 6.54. The zero-order chi connectivity index (χ0) is 14.3. The molecule has 2 aliphatic heterocycles. The number of amidine groups is 1. The molecule has 1 amide bonds. The Bertz CT molecular complexity index is 609. The number of aliphatic hydroxyl groups is 1. The van der Waals surface area contributed by atoms with E-state index in [4.69, 9.17) is 0 Å². The van der Waals surface area contributed by atoms with E-state index >= 15 is 0 Å². The molecule has 3 heterocycles. The van der Waals surface area contributed by atoms with Crippen LogP contribution in [0.25, 0.3) is 0 Å². The van der Waals surface area contributed by atoms with Crippen molar-refractivity contribution in [3.63, 3.8) is 0 Å². The van der Waals surface area contributed by atoms with Gasteiger partial charge in [-0.15, -0.1) is 0 Å². The first-order valence-corrected chi connectivity index (χ1v) is 6.54. The number of amides is 1. The molecule has 20 heavy (non-hydrogen) atoms. The molecule has 2 aliphatic rings. The first kappa shape index (κ1) is 12.8. The average Bonchev–Trinajstić information content (AvgIpc) is 3.02. The van der Waals surface area contributed by atoms with E-state index < -0.39 is 6.23 Å². The van der Waals surface area contributed by atoms with Gasteiger partial charge < -0.3 is 5.11 Å². The zero-order valence-electron chi connectivity index (χ0n) is 11.4. The Hall–Kier alpha value is -2.21. The SMILES string of the molecule is CC1=C(C)C(O)N(C2=NN(c3ccccn3)CC2)C1=O. The van der Waals surface area contributed by atoms with Crippen LogP contribution in [-0.2, 0) is 4.79 Å². The molecule has 0 fully saturated rings. The van der Waals surface area contributed by atoms with Crippen molar-refractivity contribution in [1.82, 2.24) is 9.88 Å². The predicted octanol–water partition coefficient (Wildman–Crippen LogP) is 1.10. The minimum Gasteiger partial charge on any atom is -0.369 e. The summed E-state index contributed by atoms with van der Waals surface area (Å²) in [4.78, 5) is 17.8. The molecule has 0 aliphatic carbocycles. The standard InChI is InChI=1S/C14H16N4O2/c1-9-10(2)14(20)18(13(9)19)12-6-8-17(16-12)11-5-3-4-7-15-11/h3-5,7,13,19H,6,8H2,1-2H3. The van der Waals surface area contributed by atoms with Gasteiger partial charge in [-0.1, -0.05) is 6.07 Å². The summed E-state index contributed by atoms with van der Waals surface area (Å²) in [6.07, 6.45) is 1.42. The van der Waals surface area contributed by atoms with Gasteiger partial charge in [0.2, 0.25) is 0 Å². The molecule has 104 valence electrons. The molecular formula is C14H16N4O2. The molecular weight excluding hydrogens is 256 g/mol. The molecule has 1 aromatic heterocycles. The van der Waals surface area contributed by atoms with Crippen molar-refractivity contribution < 1.29 is 9.90 Å². The van der Waals surface area contributed by atoms with Crippen molar-refractivity contribution in [1.29, 1.82) is 0 Å². The summed E-state index contributed by atoms with van der Waals surface area (Å²) >= 11 is 0. The van der Waals surface area contributed by atoms with Crippen molar-refractivity contribution >= 4 is 17.6 Å². The number of hydrogen-bond donors (Lipinski definition) is 1. The van der Waals surface area contributed by atoms with Crippen LogP contribution in [0.15, 0.2) is 40.6 Å². The van der Waals surface area contributed by atoms with Gasteiger partial charge in [0.15, 0.2) is 6.23 Å². The Morgan fingerprint density at radius 3 is 2.75 bits per heavy atom. The molecule has 0 aromatic carbocycles. The normalized spacial score (nSPS) is 22.9. The number of carbonyl (C=O) groups excluding carboxylic acids is 1. The third kappa shape index (κ3) is 1.89. The van der Waals surface area contributed by atoms with E-state index in [1.54, 1.807) is 25.1 Å². The third-order valence-electron chi connectivity index (χ3n) is 3.74. The fourth-order valence-electron chi connectivity index (χ4n) is 2.39. The van der Waals surface area contributed by atoms with Gasteiger partial charge in [0.25, 0.3) is 5.91 Å². The van der Waals surface area contributed by atoms with E-state index in [0.29, 0.717) is 29.9 Å². The van der Waals surface area contributed by atoms with E-state index in [9.17, 15) is 9.90 Å². The summed E-state index contributed by atoms with van der Waals surface area (Å²) in [5.74, 6) is 1.16. The fraction of sp³-hybridized carbons (Fsp3) is 0.357. The highest BCUT2D eigenvalue weighted by atomic mass is 16.3. The van der Waals surface area contributed by atoms with Crippen LogP contribution < -0.4 is 5.01 Å². The van der Waals surface area contributed by atoms with Gasteiger partial charge in [0.05, 0.1) is 6.54 Å². The third-order valence-corrected chi connectivity index (χ3v) is 3.74. The van der Waals surface area contributed by atoms with Gasteiger partial charge in [-0.3, -0.25) is 9.69 Å². The van der Waals surface area contributed by atoms with Crippen LogP contribution in [0.4, 0.5) is 5.82 Å². The molecule has 1 atom stereocenters. The highest BCUT2D eigenvalue weighted by molar-refractivity contribution is 6.09. The summed E-state index contributed by atoms with van der Waals surface area (Å²) in [6, 6.07) is 5.60. The van der Waals surface area contributed by atoms with Crippen LogP contribution in [0.3, 0.4) is 0 Å². The number of aromatic nitrogens is 1. The number of rotatable bonds is 1. The van der Waals surface area contributed by atoms with Crippen molar-refractivity contribution in [2.75, 3.05) is 11.6 Å². The van der Waals surface area contributed by atoms with Crippen molar-refractivity contribution in [2.24, 2.45) is 5.10 Å². The lowest BCUT2D eigenvalue weighted by Crippen LogP contribution is -2.39. The second-order valence-corrected chi connectivity index (χ2v) is 4.93. The summed E-state index contributed by atoms with van der Waals surface area (Å²) in [5, 5.41) is 16.3. The number of anilines is 1. The molecule has 1 N–H and O–H groups in total. The molecule has 6 nitrogen and oxygen atoms in total. The first-order chi connectivity index (χ1) is 9.59. The van der Waals surface area contributed by atoms with Crippen LogP contribution in [0.5, 0.6) is 0 Å². The smallest absolute Gasteiger partial charge is 0.257 e. The molecule has 1 unspecified atom stereocenters. The topological polar surface area (TPSA) is 69.0 Å². The minimum atomic E-state index is -0.898. The Labute approximate surface area is 117 Å². The number of carbonyl (C=O) groups is 1. The summed E-state index contributed by atoms with van der Waals surface area (Å²) in [7, 11) is 0. The molecule has 1 aromatic rings. The Balaban J connectivity index is 1.85. The number of pyridine rings is 1. The van der Waals surface area contributed by atoms with Gasteiger partial charge >= 0.3 is 0 Å². The summed E-state index contributed by atoms with van der Waals surface area (Å²) < 4.78 is 0. The van der Waals surface area contributed by atoms with Crippen molar-refractivity contribution in [3.05, 3.63) is 35.5 Å². The lowest BCUT2D eigenvalue weighted by molar-refractivity contribution is -0.126. The van der Waals surface area contributed by atoms with Gasteiger partial charge in [-0.2, -0.15) is 5.10 Å². The van der Waals surface area contributed by atoms with Crippen molar-refractivity contribution in [2.45, 2.75) is 26.5 Å². The van der Waals surface area contributed by atoms with Crippen LogP contribution in [-0.4, -0.2) is 39.5 Å². The summed E-state index contributed by atoms with van der Waals surface area (Å²) in [5.41, 5.74) is 1.28. The minimum absolute atomic E-state index is 0.170. The van der Waals surface area contributed by atoms with E-state index in [1.807, 2.05) is 18.2 Å². The molecule has 0 bridgehead atoms. The lowest BCUT2D eigenvalue weighted by atomic mass is 10.2. The number of nitrogens with zero attached hydrogens (tertiary/aromatic N) is 4.